The van der Waals surface area contributed by atoms with E-state index in [0.29, 0.717) is 52.7 Å². The highest BCUT2D eigenvalue weighted by Crippen LogP contribution is 2.31. The molecule has 0 unspecified atom stereocenters. The average molecular weight is 467 g/mol. The molecule has 2 heterocycles. The van der Waals surface area contributed by atoms with Crippen LogP contribution in [0.15, 0.2) is 41.2 Å². The highest BCUT2D eigenvalue weighted by atomic mass is 35.5. The molecule has 170 valence electrons. The molecule has 2 N–H and O–H groups in total. The van der Waals surface area contributed by atoms with Gasteiger partial charge in [0, 0.05) is 42.2 Å². The maximum absolute atomic E-state index is 12.7. The predicted molar refractivity (Wildman–Crippen MR) is 126 cm³/mol. The van der Waals surface area contributed by atoms with Gasteiger partial charge >= 0.3 is 0 Å². The Bertz CT molecular complexity index is 1300. The first-order chi connectivity index (χ1) is 16.0. The number of fused-ring (bicyclic) bond motifs is 1. The van der Waals surface area contributed by atoms with Crippen molar-refractivity contribution in [2.24, 2.45) is 0 Å². The van der Waals surface area contributed by atoms with Crippen LogP contribution in [0.1, 0.15) is 24.0 Å². The molecule has 1 aliphatic rings. The van der Waals surface area contributed by atoms with Gasteiger partial charge in [0.2, 0.25) is 5.91 Å². The lowest BCUT2D eigenvalue weighted by molar-refractivity contribution is -0.128. The van der Waals surface area contributed by atoms with E-state index >= 15 is 0 Å². The summed E-state index contributed by atoms with van der Waals surface area (Å²) in [5, 5.41) is 13.4. The molecular weight excluding hydrogens is 444 g/mol. The number of anilines is 1. The van der Waals surface area contributed by atoms with E-state index in [4.69, 9.17) is 26.3 Å². The Kier molecular flexibility index (Phi) is 6.71. The monoisotopic (exact) mass is 466 g/mol. The van der Waals surface area contributed by atoms with Crippen molar-refractivity contribution in [3.8, 4) is 17.6 Å². The fraction of sp³-hybridized carbons (Fsp3) is 0.292. The van der Waals surface area contributed by atoms with E-state index in [1.54, 1.807) is 35.2 Å². The lowest BCUT2D eigenvalue weighted by atomic mass is 10.1. The number of nitrogens with zero attached hydrogens (tertiary/aromatic N) is 2. The molecule has 1 amide bonds. The summed E-state index contributed by atoms with van der Waals surface area (Å²) >= 11 is 6.49. The number of aromatic nitrogens is 1. The second kappa shape index (κ2) is 9.84. The molecule has 1 saturated heterocycles. The maximum Gasteiger partial charge on any atom is 0.253 e. The van der Waals surface area contributed by atoms with Crippen LogP contribution in [-0.4, -0.2) is 42.6 Å². The maximum atomic E-state index is 12.7. The summed E-state index contributed by atoms with van der Waals surface area (Å²) in [6.45, 7) is 1.87. The van der Waals surface area contributed by atoms with Crippen LogP contribution in [0.5, 0.6) is 11.5 Å². The van der Waals surface area contributed by atoms with E-state index in [2.05, 4.69) is 16.4 Å². The zero-order valence-electron chi connectivity index (χ0n) is 18.1. The van der Waals surface area contributed by atoms with Crippen molar-refractivity contribution in [3.63, 3.8) is 0 Å². The van der Waals surface area contributed by atoms with Crippen molar-refractivity contribution in [1.29, 1.82) is 5.26 Å². The van der Waals surface area contributed by atoms with Crippen molar-refractivity contribution >= 4 is 34.1 Å². The number of aromatic amines is 1. The van der Waals surface area contributed by atoms with E-state index in [1.165, 1.54) is 7.11 Å². The lowest BCUT2D eigenvalue weighted by Crippen LogP contribution is -2.29. The number of ether oxygens (including phenoxy) is 2. The molecule has 1 aliphatic heterocycles. The molecule has 3 aromatic rings. The number of rotatable bonds is 8. The number of carbonyl (C=O) groups is 1. The smallest absolute Gasteiger partial charge is 0.253 e. The standard InChI is InChI=1S/C24H23ClN4O4/c1-32-20-12-18(6-4-16(20)13-26)27-14-17-11-15-5-7-19(22(25)23(15)28-24(17)31)33-10-9-29-8-2-3-21(29)30/h4-7,11-12,27H,2-3,8-10,14H2,1H3,(H,28,31). The number of hydrogen-bond acceptors (Lipinski definition) is 6. The topological polar surface area (TPSA) is 107 Å². The normalized spacial score (nSPS) is 13.2. The summed E-state index contributed by atoms with van der Waals surface area (Å²) in [4.78, 5) is 29.0. The Labute approximate surface area is 195 Å². The van der Waals surface area contributed by atoms with Crippen molar-refractivity contribution in [2.45, 2.75) is 19.4 Å². The average Bonchev–Trinajstić information content (AvgIpc) is 3.24. The fourth-order valence-corrected chi connectivity index (χ4v) is 4.08. The molecule has 0 radical (unpaired) electrons. The number of carbonyl (C=O) groups excluding carboxylic acids is 1. The number of halogens is 1. The Hall–Kier alpha value is -3.70. The van der Waals surface area contributed by atoms with Gasteiger partial charge < -0.3 is 24.7 Å². The van der Waals surface area contributed by atoms with Crippen LogP contribution in [0.2, 0.25) is 5.02 Å². The van der Waals surface area contributed by atoms with Crippen LogP contribution in [0.4, 0.5) is 5.69 Å². The second-order valence-electron chi connectivity index (χ2n) is 7.68. The van der Waals surface area contributed by atoms with Crippen LogP contribution in [0, 0.1) is 11.3 Å². The van der Waals surface area contributed by atoms with Gasteiger partial charge in [0.15, 0.2) is 0 Å². The van der Waals surface area contributed by atoms with Gasteiger partial charge in [-0.1, -0.05) is 11.6 Å². The van der Waals surface area contributed by atoms with E-state index in [-0.39, 0.29) is 18.0 Å². The summed E-state index contributed by atoms with van der Waals surface area (Å²) in [5.74, 6) is 1.07. The third-order valence-corrected chi connectivity index (χ3v) is 5.97. The number of hydrogen-bond donors (Lipinski definition) is 2. The summed E-state index contributed by atoms with van der Waals surface area (Å²) in [7, 11) is 1.50. The van der Waals surface area contributed by atoms with Crippen LogP contribution >= 0.6 is 11.6 Å². The first-order valence-electron chi connectivity index (χ1n) is 10.6. The van der Waals surface area contributed by atoms with Gasteiger partial charge in [-0.2, -0.15) is 5.26 Å². The Morgan fingerprint density at radius 2 is 2.06 bits per heavy atom. The van der Waals surface area contributed by atoms with E-state index in [0.717, 1.165) is 24.0 Å². The SMILES string of the molecule is COc1cc(NCc2cc3ccc(OCCN4CCCC4=O)c(Cl)c3[nH]c2=O)ccc1C#N. The highest BCUT2D eigenvalue weighted by molar-refractivity contribution is 6.36. The molecule has 1 aromatic heterocycles. The van der Waals surface area contributed by atoms with Gasteiger partial charge in [-0.25, -0.2) is 0 Å². The number of amides is 1. The molecule has 4 rings (SSSR count). The van der Waals surface area contributed by atoms with Crippen molar-refractivity contribution < 1.29 is 14.3 Å². The quantitative estimate of drug-likeness (QED) is 0.524. The van der Waals surface area contributed by atoms with Crippen molar-refractivity contribution in [3.05, 3.63) is 62.9 Å². The number of methoxy groups -OCH3 is 1. The number of pyridine rings is 1. The van der Waals surface area contributed by atoms with Crippen LogP contribution in [-0.2, 0) is 11.3 Å². The summed E-state index contributed by atoms with van der Waals surface area (Å²) in [6, 6.07) is 12.6. The minimum Gasteiger partial charge on any atom is -0.495 e. The molecule has 0 atom stereocenters. The van der Waals surface area contributed by atoms with Crippen molar-refractivity contribution in [2.75, 3.05) is 32.1 Å². The van der Waals surface area contributed by atoms with Gasteiger partial charge in [0.25, 0.3) is 5.56 Å². The first-order valence-corrected chi connectivity index (χ1v) is 10.9. The summed E-state index contributed by atoms with van der Waals surface area (Å²) < 4.78 is 11.0. The summed E-state index contributed by atoms with van der Waals surface area (Å²) in [5.41, 5.74) is 1.93. The van der Waals surface area contributed by atoms with Gasteiger partial charge in [-0.3, -0.25) is 9.59 Å². The fourth-order valence-electron chi connectivity index (χ4n) is 3.81. The summed E-state index contributed by atoms with van der Waals surface area (Å²) in [6.07, 6.45) is 1.47. The molecule has 8 nitrogen and oxygen atoms in total. The van der Waals surface area contributed by atoms with E-state index in [9.17, 15) is 9.59 Å². The van der Waals surface area contributed by atoms with Crippen molar-refractivity contribution in [1.82, 2.24) is 9.88 Å². The largest absolute Gasteiger partial charge is 0.495 e. The van der Waals surface area contributed by atoms with Gasteiger partial charge in [-0.15, -0.1) is 0 Å². The molecule has 9 heteroatoms. The van der Waals surface area contributed by atoms with Gasteiger partial charge in [-0.05, 0) is 36.8 Å². The van der Waals surface area contributed by atoms with Crippen LogP contribution in [0.3, 0.4) is 0 Å². The molecule has 0 bridgehead atoms. The third-order valence-electron chi connectivity index (χ3n) is 5.59. The number of H-pyrrole nitrogens is 1. The zero-order chi connectivity index (χ0) is 23.4. The molecule has 0 saturated carbocycles. The number of benzene rings is 2. The first kappa shape index (κ1) is 22.5. The molecule has 0 spiro atoms. The molecular formula is C24H23ClN4O4. The minimum absolute atomic E-state index is 0.146. The minimum atomic E-state index is -0.266. The lowest BCUT2D eigenvalue weighted by Gasteiger charge is -2.16. The van der Waals surface area contributed by atoms with Gasteiger partial charge in [0.05, 0.1) is 24.7 Å². The van der Waals surface area contributed by atoms with Crippen LogP contribution < -0.4 is 20.3 Å². The van der Waals surface area contributed by atoms with E-state index < -0.39 is 0 Å². The highest BCUT2D eigenvalue weighted by Gasteiger charge is 2.20. The molecule has 2 aromatic carbocycles. The zero-order valence-corrected chi connectivity index (χ0v) is 18.9. The van der Waals surface area contributed by atoms with E-state index in [1.807, 2.05) is 6.07 Å². The predicted octanol–water partition coefficient (Wildman–Crippen LogP) is 3.68. The number of nitrogens with one attached hydrogen (secondary N) is 2. The molecule has 33 heavy (non-hydrogen) atoms. The Morgan fingerprint density at radius 1 is 1.21 bits per heavy atom. The van der Waals surface area contributed by atoms with Gasteiger partial charge in [0.1, 0.15) is 29.2 Å². The Balaban J connectivity index is 1.47. The number of likely N-dealkylation sites (tertiary alicyclic amines) is 1. The second-order valence-corrected chi connectivity index (χ2v) is 8.06. The number of nitriles is 1. The molecule has 0 aliphatic carbocycles. The molecule has 1 fully saturated rings. The Morgan fingerprint density at radius 3 is 2.79 bits per heavy atom. The van der Waals surface area contributed by atoms with Crippen LogP contribution in [0.25, 0.3) is 10.9 Å². The third kappa shape index (κ3) is 4.89.